The number of amides is 1. The second-order valence-corrected chi connectivity index (χ2v) is 5.45. The summed E-state index contributed by atoms with van der Waals surface area (Å²) in [7, 11) is 0. The summed E-state index contributed by atoms with van der Waals surface area (Å²) in [6, 6.07) is 15.8. The van der Waals surface area contributed by atoms with E-state index in [2.05, 4.69) is 6.07 Å². The van der Waals surface area contributed by atoms with E-state index in [1.165, 1.54) is 5.56 Å². The van der Waals surface area contributed by atoms with E-state index in [4.69, 9.17) is 4.74 Å². The van der Waals surface area contributed by atoms with Gasteiger partial charge in [-0.3, -0.25) is 4.79 Å². The monoisotopic (exact) mass is 281 g/mol. The van der Waals surface area contributed by atoms with E-state index < -0.39 is 6.10 Å². The number of hydrogen-bond donors (Lipinski definition) is 0. The molecule has 0 fully saturated rings. The lowest BCUT2D eigenvalue weighted by atomic mass is 10.2. The van der Waals surface area contributed by atoms with Gasteiger partial charge in [0.15, 0.2) is 6.10 Å². The van der Waals surface area contributed by atoms with Crippen molar-refractivity contribution in [1.29, 1.82) is 0 Å². The Kier molecular flexibility index (Phi) is 3.65. The first-order valence-electron chi connectivity index (χ1n) is 7.28. The molecule has 0 spiro atoms. The van der Waals surface area contributed by atoms with Gasteiger partial charge in [0, 0.05) is 12.2 Å². The maximum atomic E-state index is 12.6. The number of ether oxygens (including phenoxy) is 1. The third-order valence-corrected chi connectivity index (χ3v) is 3.80. The molecule has 3 rings (SSSR count). The average Bonchev–Trinajstić information content (AvgIpc) is 2.90. The van der Waals surface area contributed by atoms with E-state index >= 15 is 0 Å². The molecule has 0 unspecified atom stereocenters. The van der Waals surface area contributed by atoms with E-state index in [0.29, 0.717) is 0 Å². The topological polar surface area (TPSA) is 29.5 Å². The molecule has 108 valence electrons. The predicted octanol–water partition coefficient (Wildman–Crippen LogP) is 3.35. The van der Waals surface area contributed by atoms with Crippen LogP contribution >= 0.6 is 0 Å². The molecule has 0 saturated carbocycles. The first-order chi connectivity index (χ1) is 10.1. The van der Waals surface area contributed by atoms with Crippen molar-refractivity contribution in [2.45, 2.75) is 26.4 Å². The van der Waals surface area contributed by atoms with Crippen LogP contribution in [0, 0.1) is 6.92 Å². The van der Waals surface area contributed by atoms with Crippen LogP contribution in [-0.2, 0) is 11.2 Å². The Labute approximate surface area is 125 Å². The number of carbonyl (C=O) groups is 1. The number of hydrogen-bond acceptors (Lipinski definition) is 2. The zero-order valence-corrected chi connectivity index (χ0v) is 12.4. The number of rotatable bonds is 3. The van der Waals surface area contributed by atoms with Gasteiger partial charge in [0.2, 0.25) is 0 Å². The molecule has 1 heterocycles. The van der Waals surface area contributed by atoms with Crippen LogP contribution in [0.15, 0.2) is 48.5 Å². The molecule has 1 atom stereocenters. The van der Waals surface area contributed by atoms with Gasteiger partial charge in [-0.05, 0) is 49.6 Å². The van der Waals surface area contributed by atoms with Crippen LogP contribution in [0.2, 0.25) is 0 Å². The Morgan fingerprint density at radius 1 is 1.19 bits per heavy atom. The maximum absolute atomic E-state index is 12.6. The minimum Gasteiger partial charge on any atom is -0.481 e. The molecule has 0 aliphatic carbocycles. The highest BCUT2D eigenvalue weighted by Crippen LogP contribution is 2.28. The highest BCUT2D eigenvalue weighted by molar-refractivity contribution is 5.98. The molecule has 1 amide bonds. The fraction of sp³-hybridized carbons (Fsp3) is 0.278. The van der Waals surface area contributed by atoms with Crippen LogP contribution < -0.4 is 9.64 Å². The number of fused-ring (bicyclic) bond motifs is 1. The molecular weight excluding hydrogens is 262 g/mol. The highest BCUT2D eigenvalue weighted by atomic mass is 16.5. The number of aryl methyl sites for hydroxylation is 1. The lowest BCUT2D eigenvalue weighted by Crippen LogP contribution is -2.39. The second-order valence-electron chi connectivity index (χ2n) is 5.45. The molecule has 1 aliphatic rings. The predicted molar refractivity (Wildman–Crippen MR) is 83.8 cm³/mol. The average molecular weight is 281 g/mol. The standard InChI is InChI=1S/C18H19NO2/c1-13-6-5-8-16(12-13)21-14(2)18(20)19-11-10-15-7-3-4-9-17(15)19/h3-9,12,14H,10-11H2,1-2H3/t14-/m0/s1. The summed E-state index contributed by atoms with van der Waals surface area (Å²) in [5, 5.41) is 0. The zero-order valence-electron chi connectivity index (χ0n) is 12.4. The summed E-state index contributed by atoms with van der Waals surface area (Å²) < 4.78 is 5.79. The summed E-state index contributed by atoms with van der Waals surface area (Å²) in [4.78, 5) is 14.4. The third kappa shape index (κ3) is 2.77. The molecule has 3 nitrogen and oxygen atoms in total. The van der Waals surface area contributed by atoms with Crippen LogP contribution in [0.1, 0.15) is 18.1 Å². The van der Waals surface area contributed by atoms with Crippen molar-refractivity contribution in [2.75, 3.05) is 11.4 Å². The number of anilines is 1. The van der Waals surface area contributed by atoms with E-state index in [0.717, 1.165) is 30.0 Å². The highest BCUT2D eigenvalue weighted by Gasteiger charge is 2.28. The van der Waals surface area contributed by atoms with Gasteiger partial charge in [-0.25, -0.2) is 0 Å². The Balaban J connectivity index is 1.74. The van der Waals surface area contributed by atoms with Crippen LogP contribution in [0.4, 0.5) is 5.69 Å². The molecule has 0 radical (unpaired) electrons. The number of nitrogens with zero attached hydrogens (tertiary/aromatic N) is 1. The molecule has 0 aromatic heterocycles. The lowest BCUT2D eigenvalue weighted by Gasteiger charge is -2.22. The van der Waals surface area contributed by atoms with E-state index in [1.807, 2.05) is 61.2 Å². The van der Waals surface area contributed by atoms with Gasteiger partial charge in [0.1, 0.15) is 5.75 Å². The van der Waals surface area contributed by atoms with Gasteiger partial charge < -0.3 is 9.64 Å². The van der Waals surface area contributed by atoms with Crippen molar-refractivity contribution < 1.29 is 9.53 Å². The number of carbonyl (C=O) groups excluding carboxylic acids is 1. The maximum Gasteiger partial charge on any atom is 0.267 e. The summed E-state index contributed by atoms with van der Waals surface area (Å²) in [6.45, 7) is 4.56. The number of para-hydroxylation sites is 1. The van der Waals surface area contributed by atoms with Crippen molar-refractivity contribution in [2.24, 2.45) is 0 Å². The summed E-state index contributed by atoms with van der Waals surface area (Å²) in [5.74, 6) is 0.754. The normalized spacial score (nSPS) is 14.7. The second kappa shape index (κ2) is 5.60. The molecule has 21 heavy (non-hydrogen) atoms. The summed E-state index contributed by atoms with van der Waals surface area (Å²) in [5.41, 5.74) is 3.37. The van der Waals surface area contributed by atoms with E-state index in [9.17, 15) is 4.79 Å². The van der Waals surface area contributed by atoms with E-state index in [1.54, 1.807) is 0 Å². The summed E-state index contributed by atoms with van der Waals surface area (Å²) >= 11 is 0. The molecule has 1 aliphatic heterocycles. The first-order valence-corrected chi connectivity index (χ1v) is 7.28. The van der Waals surface area contributed by atoms with Crippen molar-refractivity contribution in [3.8, 4) is 5.75 Å². The fourth-order valence-electron chi connectivity index (χ4n) is 2.73. The fourth-order valence-corrected chi connectivity index (χ4v) is 2.73. The largest absolute Gasteiger partial charge is 0.481 e. The van der Waals surface area contributed by atoms with Gasteiger partial charge in [0.05, 0.1) is 0 Å². The SMILES string of the molecule is Cc1cccc(O[C@@H](C)C(=O)N2CCc3ccccc32)c1. The minimum atomic E-state index is -0.488. The molecule has 2 aromatic rings. The van der Waals surface area contributed by atoms with Crippen molar-refractivity contribution in [3.63, 3.8) is 0 Å². The summed E-state index contributed by atoms with van der Waals surface area (Å²) in [6.07, 6.45) is 0.428. The van der Waals surface area contributed by atoms with Crippen LogP contribution in [0.25, 0.3) is 0 Å². The van der Waals surface area contributed by atoms with Gasteiger partial charge in [-0.2, -0.15) is 0 Å². The van der Waals surface area contributed by atoms with Crippen LogP contribution in [-0.4, -0.2) is 18.6 Å². The van der Waals surface area contributed by atoms with Crippen molar-refractivity contribution in [1.82, 2.24) is 0 Å². The van der Waals surface area contributed by atoms with Crippen molar-refractivity contribution in [3.05, 3.63) is 59.7 Å². The molecule has 0 saturated heterocycles. The molecule has 0 N–H and O–H groups in total. The smallest absolute Gasteiger partial charge is 0.267 e. The number of benzene rings is 2. The molecular formula is C18H19NO2. The van der Waals surface area contributed by atoms with Gasteiger partial charge >= 0.3 is 0 Å². The van der Waals surface area contributed by atoms with Gasteiger partial charge in [0.25, 0.3) is 5.91 Å². The quantitative estimate of drug-likeness (QED) is 0.863. The Morgan fingerprint density at radius 3 is 2.81 bits per heavy atom. The third-order valence-electron chi connectivity index (χ3n) is 3.80. The zero-order chi connectivity index (χ0) is 14.8. The molecule has 0 bridgehead atoms. The van der Waals surface area contributed by atoms with Gasteiger partial charge in [-0.1, -0.05) is 30.3 Å². The Bertz CT molecular complexity index is 666. The van der Waals surface area contributed by atoms with Gasteiger partial charge in [-0.15, -0.1) is 0 Å². The van der Waals surface area contributed by atoms with Crippen LogP contribution in [0.5, 0.6) is 5.75 Å². The first kappa shape index (κ1) is 13.7. The Hall–Kier alpha value is -2.29. The van der Waals surface area contributed by atoms with Crippen LogP contribution in [0.3, 0.4) is 0 Å². The van der Waals surface area contributed by atoms with Crippen molar-refractivity contribution >= 4 is 11.6 Å². The molecule has 3 heteroatoms. The van der Waals surface area contributed by atoms with E-state index in [-0.39, 0.29) is 5.91 Å². The molecule has 2 aromatic carbocycles. The Morgan fingerprint density at radius 2 is 2.00 bits per heavy atom. The minimum absolute atomic E-state index is 0.0152. The lowest BCUT2D eigenvalue weighted by molar-refractivity contribution is -0.124.